The fourth-order valence-corrected chi connectivity index (χ4v) is 5.39. The molecule has 6 N–H and O–H groups in total. The summed E-state index contributed by atoms with van der Waals surface area (Å²) in [5.74, 6) is -1.33. The Morgan fingerprint density at radius 1 is 1.05 bits per heavy atom. The van der Waals surface area contributed by atoms with Crippen molar-refractivity contribution in [3.63, 3.8) is 0 Å². The fraction of sp³-hybridized carbons (Fsp3) is 0.367. The maximum absolute atomic E-state index is 13.8. The van der Waals surface area contributed by atoms with E-state index in [1.54, 1.807) is 4.90 Å². The summed E-state index contributed by atoms with van der Waals surface area (Å²) in [6.45, 7) is 1.88. The van der Waals surface area contributed by atoms with Gasteiger partial charge < -0.3 is 31.1 Å². The number of phenols is 1. The third kappa shape index (κ3) is 9.80. The summed E-state index contributed by atoms with van der Waals surface area (Å²) in [7, 11) is -3.57. The van der Waals surface area contributed by atoms with Crippen molar-refractivity contribution in [1.82, 2.24) is 15.5 Å². The third-order valence-electron chi connectivity index (χ3n) is 7.17. The Bertz CT molecular complexity index is 1500. The molecule has 0 unspecified atom stereocenters. The maximum Gasteiger partial charge on any atom is 0.317 e. The Kier molecular flexibility index (Phi) is 10.8. The summed E-state index contributed by atoms with van der Waals surface area (Å²) in [6, 6.07) is 15.4. The van der Waals surface area contributed by atoms with Crippen LogP contribution in [0.2, 0.25) is 0 Å². The van der Waals surface area contributed by atoms with Crippen molar-refractivity contribution in [2.45, 2.75) is 38.0 Å². The zero-order chi connectivity index (χ0) is 31.0. The highest BCUT2D eigenvalue weighted by molar-refractivity contribution is 7.92. The molecule has 1 saturated heterocycles. The van der Waals surface area contributed by atoms with Gasteiger partial charge in [-0.1, -0.05) is 18.2 Å². The van der Waals surface area contributed by atoms with Crippen LogP contribution >= 0.6 is 0 Å². The molecule has 3 aromatic rings. The quantitative estimate of drug-likeness (QED) is 0.134. The number of rotatable bonds is 12. The van der Waals surface area contributed by atoms with Gasteiger partial charge in [0.2, 0.25) is 10.0 Å². The molecule has 0 saturated carbocycles. The molecule has 1 fully saturated rings. The van der Waals surface area contributed by atoms with E-state index in [0.29, 0.717) is 25.2 Å². The summed E-state index contributed by atoms with van der Waals surface area (Å²) in [5, 5.41) is 29.7. The van der Waals surface area contributed by atoms with Crippen molar-refractivity contribution in [3.05, 3.63) is 89.0 Å². The molecule has 13 heteroatoms. The fourth-order valence-electron chi connectivity index (χ4n) is 4.82. The van der Waals surface area contributed by atoms with Gasteiger partial charge in [0.05, 0.1) is 18.0 Å². The number of halogens is 2. The largest absolute Gasteiger partial charge is 0.506 e. The zero-order valence-electron chi connectivity index (χ0n) is 23.8. The minimum atomic E-state index is -3.57. The Morgan fingerprint density at radius 2 is 1.77 bits per heavy atom. The lowest BCUT2D eigenvalue weighted by molar-refractivity contribution is 0.175. The number of hydrogen-bond acceptors (Lipinski definition) is 7. The van der Waals surface area contributed by atoms with Crippen molar-refractivity contribution in [2.75, 3.05) is 42.5 Å². The van der Waals surface area contributed by atoms with Gasteiger partial charge >= 0.3 is 6.03 Å². The summed E-state index contributed by atoms with van der Waals surface area (Å²) < 4.78 is 52.3. The van der Waals surface area contributed by atoms with E-state index < -0.39 is 27.8 Å². The first kappa shape index (κ1) is 32.0. The number of likely N-dealkylation sites (tertiary alicyclic amines) is 1. The van der Waals surface area contributed by atoms with E-state index >= 15 is 0 Å². The summed E-state index contributed by atoms with van der Waals surface area (Å²) in [4.78, 5) is 14.2. The average molecular weight is 618 g/mol. The number of aliphatic hydroxyl groups excluding tert-OH is 1. The number of anilines is 2. The molecule has 0 aromatic heterocycles. The van der Waals surface area contributed by atoms with Crippen LogP contribution in [0.25, 0.3) is 0 Å². The normalized spacial score (nSPS) is 14.7. The number of benzene rings is 3. The lowest BCUT2D eigenvalue weighted by Gasteiger charge is -2.33. The number of aliphatic hydroxyl groups is 1. The molecule has 1 heterocycles. The lowest BCUT2D eigenvalue weighted by atomic mass is 10.0. The second kappa shape index (κ2) is 14.5. The van der Waals surface area contributed by atoms with Crippen molar-refractivity contribution in [3.8, 4) is 5.75 Å². The molecule has 43 heavy (non-hydrogen) atoms. The number of aromatic hydroxyl groups is 1. The van der Waals surface area contributed by atoms with Gasteiger partial charge in [-0.25, -0.2) is 22.0 Å². The molecule has 232 valence electrons. The third-order valence-corrected chi connectivity index (χ3v) is 7.76. The SMILES string of the molecule is CS(=O)(=O)Nc1cc([C@H](O)CNCCc2ccc(NC3CCN(C(=O)NCc4cc(F)ccc4F)CC3)cc2)ccc1O. The highest BCUT2D eigenvalue weighted by Gasteiger charge is 2.23. The van der Waals surface area contributed by atoms with Crippen LogP contribution in [0.3, 0.4) is 0 Å². The van der Waals surface area contributed by atoms with Crippen LogP contribution in [0.15, 0.2) is 60.7 Å². The number of amides is 2. The minimum absolute atomic E-state index is 0.0132. The molecule has 4 rings (SSSR count). The number of carbonyl (C=O) groups is 1. The maximum atomic E-state index is 13.8. The van der Waals surface area contributed by atoms with Gasteiger partial charge in [0, 0.05) is 43.5 Å². The van der Waals surface area contributed by atoms with Crippen LogP contribution in [0.1, 0.15) is 35.6 Å². The van der Waals surface area contributed by atoms with Crippen LogP contribution in [0.4, 0.5) is 25.0 Å². The molecule has 0 radical (unpaired) electrons. The lowest BCUT2D eigenvalue weighted by Crippen LogP contribution is -2.46. The Labute approximate surface area is 250 Å². The number of hydrogen-bond donors (Lipinski definition) is 6. The standard InChI is InChI=1S/C30H37F2N5O5S/c1-43(41,42)36-27-17-21(4-9-28(27)38)29(39)19-33-13-10-20-2-6-24(7-3-20)35-25-11-14-37(15-12-25)30(40)34-18-22-16-23(31)5-8-26(22)32/h2-9,16-17,25,29,33,35-36,38-39H,10-15,18-19H2,1H3,(H,34,40)/t29-/m1/s1. The van der Waals surface area contributed by atoms with Crippen LogP contribution in [0, 0.1) is 11.6 Å². The first-order valence-corrected chi connectivity index (χ1v) is 15.9. The van der Waals surface area contributed by atoms with E-state index in [2.05, 4.69) is 20.7 Å². The van der Waals surface area contributed by atoms with Crippen LogP contribution in [-0.2, 0) is 23.0 Å². The first-order valence-electron chi connectivity index (χ1n) is 14.0. The number of carbonyl (C=O) groups excluding carboxylic acids is 1. The molecule has 2 amide bonds. The number of nitrogens with one attached hydrogen (secondary N) is 4. The van der Waals surface area contributed by atoms with Gasteiger partial charge in [-0.2, -0.15) is 0 Å². The van der Waals surface area contributed by atoms with E-state index in [4.69, 9.17) is 0 Å². The molecular formula is C30H37F2N5O5S. The van der Waals surface area contributed by atoms with E-state index in [9.17, 15) is 32.2 Å². The van der Waals surface area contributed by atoms with E-state index in [0.717, 1.165) is 55.0 Å². The number of phenolic OH excluding ortho intramolecular Hbond substituents is 1. The van der Waals surface area contributed by atoms with E-state index in [-0.39, 0.29) is 42.2 Å². The smallest absolute Gasteiger partial charge is 0.317 e. The summed E-state index contributed by atoms with van der Waals surface area (Å²) in [6.07, 6.45) is 2.33. The topological polar surface area (TPSA) is 143 Å². The highest BCUT2D eigenvalue weighted by atomic mass is 32.2. The Balaban J connectivity index is 1.15. The van der Waals surface area contributed by atoms with Crippen LogP contribution in [-0.4, -0.2) is 68.0 Å². The molecule has 1 aliphatic rings. The molecule has 0 bridgehead atoms. The van der Waals surface area contributed by atoms with Crippen molar-refractivity contribution < 1.29 is 32.2 Å². The van der Waals surface area contributed by atoms with Gasteiger partial charge in [0.25, 0.3) is 0 Å². The van der Waals surface area contributed by atoms with Gasteiger partial charge in [-0.3, -0.25) is 4.72 Å². The molecule has 1 aliphatic heterocycles. The molecule has 0 spiro atoms. The number of urea groups is 1. The monoisotopic (exact) mass is 617 g/mol. The Morgan fingerprint density at radius 3 is 2.47 bits per heavy atom. The number of piperidine rings is 1. The van der Waals surface area contributed by atoms with Gasteiger partial charge in [0.15, 0.2) is 0 Å². The predicted octanol–water partition coefficient (Wildman–Crippen LogP) is 3.69. The summed E-state index contributed by atoms with van der Waals surface area (Å²) in [5.41, 5.74) is 2.67. The van der Waals surface area contributed by atoms with E-state index in [1.165, 1.54) is 18.2 Å². The van der Waals surface area contributed by atoms with Crippen LogP contribution in [0.5, 0.6) is 5.75 Å². The van der Waals surface area contributed by atoms with Crippen molar-refractivity contribution >= 4 is 27.4 Å². The van der Waals surface area contributed by atoms with Gasteiger partial charge in [-0.15, -0.1) is 0 Å². The second-order valence-electron chi connectivity index (χ2n) is 10.6. The van der Waals surface area contributed by atoms with Crippen molar-refractivity contribution in [1.29, 1.82) is 0 Å². The highest BCUT2D eigenvalue weighted by Crippen LogP contribution is 2.27. The second-order valence-corrected chi connectivity index (χ2v) is 12.4. The molecular weight excluding hydrogens is 580 g/mol. The first-order chi connectivity index (χ1) is 20.5. The summed E-state index contributed by atoms with van der Waals surface area (Å²) >= 11 is 0. The molecule has 0 aliphatic carbocycles. The molecule has 1 atom stereocenters. The minimum Gasteiger partial charge on any atom is -0.506 e. The predicted molar refractivity (Wildman–Crippen MR) is 161 cm³/mol. The van der Waals surface area contributed by atoms with Crippen molar-refractivity contribution in [2.24, 2.45) is 0 Å². The molecule has 3 aromatic carbocycles. The van der Waals surface area contributed by atoms with Gasteiger partial charge in [-0.05, 0) is 79.4 Å². The Hall–Kier alpha value is -3.94. The van der Waals surface area contributed by atoms with Gasteiger partial charge in [0.1, 0.15) is 17.4 Å². The zero-order valence-corrected chi connectivity index (χ0v) is 24.6. The number of sulfonamides is 1. The number of nitrogens with zero attached hydrogens (tertiary/aromatic N) is 1. The average Bonchev–Trinajstić information content (AvgIpc) is 2.97. The molecule has 10 nitrogen and oxygen atoms in total. The van der Waals surface area contributed by atoms with E-state index in [1.807, 2.05) is 24.3 Å². The van der Waals surface area contributed by atoms with Crippen LogP contribution < -0.4 is 20.7 Å².